The van der Waals surface area contributed by atoms with Crippen LogP contribution < -0.4 is 15.5 Å². The van der Waals surface area contributed by atoms with Crippen LogP contribution in [0.3, 0.4) is 0 Å². The Morgan fingerprint density at radius 3 is 2.59 bits per heavy atom. The highest BCUT2D eigenvalue weighted by atomic mass is 32.2. The zero-order valence-corrected chi connectivity index (χ0v) is 17.6. The monoisotopic (exact) mass is 409 g/mol. The maximum absolute atomic E-state index is 13.3. The number of rotatable bonds is 4. The molecule has 150 valence electrons. The van der Waals surface area contributed by atoms with E-state index in [2.05, 4.69) is 27.0 Å². The molecule has 0 radical (unpaired) electrons. The summed E-state index contributed by atoms with van der Waals surface area (Å²) in [7, 11) is 1.64. The van der Waals surface area contributed by atoms with E-state index < -0.39 is 5.25 Å². The number of nitrogens with one attached hydrogen (secondary N) is 2. The molecule has 2 heterocycles. The van der Waals surface area contributed by atoms with E-state index in [1.165, 1.54) is 11.8 Å². The van der Waals surface area contributed by atoms with Crippen molar-refractivity contribution < 1.29 is 9.53 Å². The molecule has 2 N–H and O–H groups in total. The number of carbonyl (C=O) groups excluding carboxylic acids is 1. The summed E-state index contributed by atoms with van der Waals surface area (Å²) < 4.78 is 7.10. The Kier molecular flexibility index (Phi) is 5.19. The minimum Gasteiger partial charge on any atom is -0.497 e. The Hall–Kier alpha value is -3.00. The van der Waals surface area contributed by atoms with Crippen molar-refractivity contribution in [3.63, 3.8) is 0 Å². The van der Waals surface area contributed by atoms with Gasteiger partial charge in [0, 0.05) is 5.69 Å². The number of hydrogen-bond donors (Lipinski definition) is 2. The van der Waals surface area contributed by atoms with Gasteiger partial charge in [-0.1, -0.05) is 41.6 Å². The highest BCUT2D eigenvalue weighted by Gasteiger charge is 2.37. The molecule has 0 saturated heterocycles. The number of nitrogens with zero attached hydrogens (tertiary/aromatic N) is 3. The Morgan fingerprint density at radius 2 is 1.90 bits per heavy atom. The average molecular weight is 410 g/mol. The van der Waals surface area contributed by atoms with Crippen molar-refractivity contribution in [2.45, 2.75) is 37.2 Å². The smallest absolute Gasteiger partial charge is 0.240 e. The third-order valence-corrected chi connectivity index (χ3v) is 6.19. The number of thioether (sulfide) groups is 1. The van der Waals surface area contributed by atoms with Gasteiger partial charge in [0.2, 0.25) is 11.1 Å². The zero-order valence-electron chi connectivity index (χ0n) is 16.8. The molecule has 7 nitrogen and oxygen atoms in total. The second-order valence-electron chi connectivity index (χ2n) is 7.09. The molecular formula is C21H23N5O2S. The first-order chi connectivity index (χ1) is 14.0. The van der Waals surface area contributed by atoms with Crippen molar-refractivity contribution in [1.82, 2.24) is 14.9 Å². The summed E-state index contributed by atoms with van der Waals surface area (Å²) >= 11 is 1.41. The van der Waals surface area contributed by atoms with Crippen LogP contribution in [-0.4, -0.2) is 33.1 Å². The lowest BCUT2D eigenvalue weighted by molar-refractivity contribution is -0.116. The summed E-state index contributed by atoms with van der Waals surface area (Å²) in [6.45, 7) is 5.91. The predicted octanol–water partition coefficient (Wildman–Crippen LogP) is 3.61. The van der Waals surface area contributed by atoms with Crippen LogP contribution in [0.2, 0.25) is 0 Å². The number of carbonyl (C=O) groups is 1. The first kappa shape index (κ1) is 19.3. The van der Waals surface area contributed by atoms with Crippen LogP contribution >= 0.6 is 11.8 Å². The molecule has 0 unspecified atom stereocenters. The number of fused-ring (bicyclic) bond motifs is 1. The normalized spacial score (nSPS) is 17.9. The fraction of sp³-hybridized carbons (Fsp3) is 0.286. The molecule has 2 aromatic carbocycles. The highest BCUT2D eigenvalue weighted by Crippen LogP contribution is 2.38. The maximum atomic E-state index is 13.3. The number of anilines is 1. The number of aromatic nitrogens is 3. The second-order valence-corrected chi connectivity index (χ2v) is 8.20. The van der Waals surface area contributed by atoms with Crippen LogP contribution in [0.1, 0.15) is 28.6 Å². The van der Waals surface area contributed by atoms with Crippen molar-refractivity contribution >= 4 is 23.4 Å². The standard InChI is InChI=1S/C21H23N5O2S/c1-12-5-10-17(13(2)11-12)22-20(27)19-18(15-6-8-16(28-4)9-7-15)25-26-14(3)23-24-21(26)29-19/h5-11,18-19,25H,1-4H3,(H,22,27)/t18-,19+/m0/s1. The summed E-state index contributed by atoms with van der Waals surface area (Å²) in [5.74, 6) is 1.44. The predicted molar refractivity (Wildman–Crippen MR) is 114 cm³/mol. The topological polar surface area (TPSA) is 81.1 Å². The van der Waals surface area contributed by atoms with Gasteiger partial charge in [-0.3, -0.25) is 4.79 Å². The van der Waals surface area contributed by atoms with Gasteiger partial charge in [-0.2, -0.15) is 0 Å². The van der Waals surface area contributed by atoms with E-state index >= 15 is 0 Å². The van der Waals surface area contributed by atoms with Crippen molar-refractivity contribution in [3.05, 3.63) is 65.0 Å². The van der Waals surface area contributed by atoms with Gasteiger partial charge in [0.15, 0.2) is 0 Å². The first-order valence-corrected chi connectivity index (χ1v) is 10.2. The fourth-order valence-corrected chi connectivity index (χ4v) is 4.50. The molecule has 2 atom stereocenters. The number of benzene rings is 2. The Bertz CT molecular complexity index is 1050. The van der Waals surface area contributed by atoms with Crippen LogP contribution in [0.4, 0.5) is 5.69 Å². The lowest BCUT2D eigenvalue weighted by atomic mass is 10.0. The minimum absolute atomic E-state index is 0.0813. The summed E-state index contributed by atoms with van der Waals surface area (Å²) in [6.07, 6.45) is 0. The molecule has 1 aliphatic rings. The van der Waals surface area contributed by atoms with Gasteiger partial charge in [0.1, 0.15) is 16.8 Å². The molecule has 8 heteroatoms. The third-order valence-electron chi connectivity index (χ3n) is 4.97. The first-order valence-electron chi connectivity index (χ1n) is 9.33. The van der Waals surface area contributed by atoms with Crippen molar-refractivity contribution in [1.29, 1.82) is 0 Å². The minimum atomic E-state index is -0.416. The van der Waals surface area contributed by atoms with Gasteiger partial charge < -0.3 is 15.5 Å². The van der Waals surface area contributed by atoms with Crippen LogP contribution in [0.5, 0.6) is 5.75 Å². The van der Waals surface area contributed by atoms with Gasteiger partial charge in [-0.15, -0.1) is 10.2 Å². The molecule has 4 rings (SSSR count). The third kappa shape index (κ3) is 3.80. The van der Waals surface area contributed by atoms with E-state index in [0.717, 1.165) is 34.0 Å². The van der Waals surface area contributed by atoms with Gasteiger partial charge in [0.25, 0.3) is 0 Å². The van der Waals surface area contributed by atoms with Gasteiger partial charge in [-0.25, -0.2) is 4.68 Å². The number of amides is 1. The van der Waals surface area contributed by atoms with Gasteiger partial charge in [-0.05, 0) is 50.1 Å². The van der Waals surface area contributed by atoms with Gasteiger partial charge >= 0.3 is 0 Å². The van der Waals surface area contributed by atoms with Crippen molar-refractivity contribution in [3.8, 4) is 5.75 Å². The summed E-state index contributed by atoms with van der Waals surface area (Å²) in [5, 5.41) is 11.7. The number of hydrogen-bond acceptors (Lipinski definition) is 6. The molecule has 0 fully saturated rings. The lowest BCUT2D eigenvalue weighted by Crippen LogP contribution is -2.41. The fourth-order valence-electron chi connectivity index (χ4n) is 3.38. The molecule has 0 aliphatic carbocycles. The zero-order chi connectivity index (χ0) is 20.5. The molecule has 1 aliphatic heterocycles. The van der Waals surface area contributed by atoms with Gasteiger partial charge in [0.05, 0.1) is 13.2 Å². The van der Waals surface area contributed by atoms with E-state index in [1.54, 1.807) is 7.11 Å². The van der Waals surface area contributed by atoms with E-state index in [9.17, 15) is 4.79 Å². The van der Waals surface area contributed by atoms with E-state index in [0.29, 0.717) is 5.16 Å². The van der Waals surface area contributed by atoms with Crippen LogP contribution in [-0.2, 0) is 4.79 Å². The average Bonchev–Trinajstić information content (AvgIpc) is 3.09. The summed E-state index contributed by atoms with van der Waals surface area (Å²) in [6, 6.07) is 13.5. The van der Waals surface area contributed by atoms with E-state index in [1.807, 2.05) is 61.8 Å². The van der Waals surface area contributed by atoms with Crippen LogP contribution in [0, 0.1) is 20.8 Å². The molecule has 0 spiro atoms. The maximum Gasteiger partial charge on any atom is 0.240 e. The van der Waals surface area contributed by atoms with Crippen molar-refractivity contribution in [2.75, 3.05) is 17.9 Å². The summed E-state index contributed by atoms with van der Waals surface area (Å²) in [4.78, 5) is 13.3. The quantitative estimate of drug-likeness (QED) is 0.685. The second kappa shape index (κ2) is 7.79. The molecule has 1 amide bonds. The lowest BCUT2D eigenvalue weighted by Gasteiger charge is -2.33. The van der Waals surface area contributed by atoms with E-state index in [4.69, 9.17) is 4.74 Å². The Balaban J connectivity index is 1.66. The molecular weight excluding hydrogens is 386 g/mol. The molecule has 3 aromatic rings. The largest absolute Gasteiger partial charge is 0.497 e. The number of aryl methyl sites for hydroxylation is 3. The van der Waals surface area contributed by atoms with Crippen LogP contribution in [0.25, 0.3) is 0 Å². The highest BCUT2D eigenvalue weighted by molar-refractivity contribution is 8.00. The summed E-state index contributed by atoms with van der Waals surface area (Å²) in [5.41, 5.74) is 7.41. The Morgan fingerprint density at radius 1 is 1.14 bits per heavy atom. The van der Waals surface area contributed by atoms with E-state index in [-0.39, 0.29) is 11.9 Å². The number of methoxy groups -OCH3 is 1. The SMILES string of the molecule is COc1ccc([C@@H]2Nn3c(C)nnc3S[C@H]2C(=O)Nc2ccc(C)cc2C)cc1. The van der Waals surface area contributed by atoms with Crippen LogP contribution in [0.15, 0.2) is 47.6 Å². The molecule has 1 aromatic heterocycles. The molecule has 0 bridgehead atoms. The Labute approximate surface area is 173 Å². The van der Waals surface area contributed by atoms with Crippen molar-refractivity contribution in [2.24, 2.45) is 0 Å². The molecule has 29 heavy (non-hydrogen) atoms. The number of ether oxygens (including phenoxy) is 1. The molecule has 0 saturated carbocycles.